The molecule has 0 fully saturated rings. The van der Waals surface area contributed by atoms with Gasteiger partial charge >= 0.3 is 5.88 Å². The number of ether oxygens (including phenoxy) is 1. The summed E-state index contributed by atoms with van der Waals surface area (Å²) in [4.78, 5) is 0. The monoisotopic (exact) mass is 287 g/mol. The van der Waals surface area contributed by atoms with Gasteiger partial charge in [-0.2, -0.15) is 4.68 Å². The lowest BCUT2D eigenvalue weighted by Crippen LogP contribution is -2.41. The topological polar surface area (TPSA) is 18.0 Å². The van der Waals surface area contributed by atoms with Gasteiger partial charge in [-0.25, -0.2) is 0 Å². The van der Waals surface area contributed by atoms with Crippen molar-refractivity contribution in [3.8, 4) is 17.0 Å². The van der Waals surface area contributed by atoms with Crippen molar-refractivity contribution < 1.29 is 9.42 Å². The fourth-order valence-corrected chi connectivity index (χ4v) is 3.05. The van der Waals surface area contributed by atoms with Crippen molar-refractivity contribution >= 4 is 0 Å². The molecule has 0 amide bonds. The first-order chi connectivity index (χ1) is 10.0. The second kappa shape index (κ2) is 6.33. The minimum absolute atomic E-state index is 0.394. The van der Waals surface area contributed by atoms with Crippen molar-refractivity contribution in [2.45, 2.75) is 46.1 Å². The third kappa shape index (κ3) is 2.69. The average Bonchev–Trinajstić information content (AvgIpc) is 2.79. The van der Waals surface area contributed by atoms with Crippen LogP contribution in [0.5, 0.6) is 5.88 Å². The van der Waals surface area contributed by atoms with Crippen LogP contribution in [0.15, 0.2) is 30.3 Å². The van der Waals surface area contributed by atoms with Crippen LogP contribution in [0.4, 0.5) is 0 Å². The summed E-state index contributed by atoms with van der Waals surface area (Å²) in [6.45, 7) is 8.98. The standard InChI is InChI=1S/C18H27N2O/c1-7-14(4)17-16(15-11-9-8-10-12-15)18(21-6)19(5)20(17)13(2)3/h8-14H,7H2,1-6H3/q+1. The number of nitrogens with zero attached hydrogens (tertiary/aromatic N) is 2. The molecule has 1 heterocycles. The number of aromatic nitrogens is 2. The number of benzene rings is 1. The highest BCUT2D eigenvalue weighted by Gasteiger charge is 2.33. The molecule has 2 aromatic rings. The van der Waals surface area contributed by atoms with Gasteiger partial charge in [0.25, 0.3) is 0 Å². The molecule has 0 aliphatic carbocycles. The second-order valence-corrected chi connectivity index (χ2v) is 5.91. The van der Waals surface area contributed by atoms with Gasteiger partial charge < -0.3 is 4.74 Å². The van der Waals surface area contributed by atoms with Gasteiger partial charge in [0.1, 0.15) is 5.56 Å². The summed E-state index contributed by atoms with van der Waals surface area (Å²) < 4.78 is 10.2. The van der Waals surface area contributed by atoms with E-state index < -0.39 is 0 Å². The van der Waals surface area contributed by atoms with E-state index in [1.165, 1.54) is 16.8 Å². The number of hydrogen-bond donors (Lipinski definition) is 0. The number of methoxy groups -OCH3 is 1. The summed E-state index contributed by atoms with van der Waals surface area (Å²) in [7, 11) is 3.84. The molecule has 0 N–H and O–H groups in total. The molecule has 0 saturated carbocycles. The van der Waals surface area contributed by atoms with E-state index in [0.29, 0.717) is 12.0 Å². The lowest BCUT2D eigenvalue weighted by Gasteiger charge is -2.14. The highest BCUT2D eigenvalue weighted by molar-refractivity contribution is 5.70. The first-order valence-electron chi connectivity index (χ1n) is 7.76. The van der Waals surface area contributed by atoms with Crippen LogP contribution in [0.2, 0.25) is 0 Å². The molecule has 1 unspecified atom stereocenters. The highest BCUT2D eigenvalue weighted by atomic mass is 16.5. The fraction of sp³-hybridized carbons (Fsp3) is 0.500. The largest absolute Gasteiger partial charge is 0.446 e. The van der Waals surface area contributed by atoms with E-state index in [9.17, 15) is 0 Å². The lowest BCUT2D eigenvalue weighted by atomic mass is 9.96. The van der Waals surface area contributed by atoms with Gasteiger partial charge in [0.05, 0.1) is 18.8 Å². The zero-order valence-corrected chi connectivity index (χ0v) is 14.1. The third-order valence-electron chi connectivity index (χ3n) is 4.16. The van der Waals surface area contributed by atoms with Crippen LogP contribution in [0, 0.1) is 0 Å². The second-order valence-electron chi connectivity index (χ2n) is 5.91. The maximum absolute atomic E-state index is 5.74. The van der Waals surface area contributed by atoms with E-state index in [2.05, 4.69) is 74.4 Å². The SMILES string of the molecule is CCC(C)c1c(-c2ccccc2)c(OC)[n+](C)n1C(C)C. The molecule has 0 saturated heterocycles. The zero-order chi connectivity index (χ0) is 15.6. The summed E-state index contributed by atoms with van der Waals surface area (Å²) >= 11 is 0. The Bertz CT molecular complexity index is 599. The first-order valence-corrected chi connectivity index (χ1v) is 7.76. The molecule has 3 heteroatoms. The molecular weight excluding hydrogens is 260 g/mol. The molecule has 0 spiro atoms. The fourth-order valence-electron chi connectivity index (χ4n) is 3.05. The first kappa shape index (κ1) is 15.6. The van der Waals surface area contributed by atoms with Crippen molar-refractivity contribution in [3.63, 3.8) is 0 Å². The van der Waals surface area contributed by atoms with Crippen LogP contribution in [-0.4, -0.2) is 11.8 Å². The molecule has 3 nitrogen and oxygen atoms in total. The molecule has 1 aromatic heterocycles. The number of rotatable bonds is 5. The van der Waals surface area contributed by atoms with E-state index in [1.54, 1.807) is 7.11 Å². The van der Waals surface area contributed by atoms with Gasteiger partial charge in [-0.1, -0.05) is 48.9 Å². The van der Waals surface area contributed by atoms with Gasteiger partial charge in [0.2, 0.25) is 0 Å². The Balaban J connectivity index is 2.81. The van der Waals surface area contributed by atoms with Gasteiger partial charge in [-0.15, -0.1) is 0 Å². The molecule has 0 aliphatic rings. The van der Waals surface area contributed by atoms with Crippen molar-refractivity contribution in [2.24, 2.45) is 7.05 Å². The van der Waals surface area contributed by atoms with Crippen molar-refractivity contribution in [3.05, 3.63) is 36.0 Å². The smallest absolute Gasteiger partial charge is 0.401 e. The van der Waals surface area contributed by atoms with E-state index in [-0.39, 0.29) is 0 Å². The summed E-state index contributed by atoms with van der Waals surface area (Å²) in [5.41, 5.74) is 3.81. The highest BCUT2D eigenvalue weighted by Crippen LogP contribution is 2.37. The molecule has 1 aromatic carbocycles. The normalized spacial score (nSPS) is 12.7. The molecule has 0 aliphatic heterocycles. The molecule has 1 atom stereocenters. The minimum atomic E-state index is 0.394. The maximum Gasteiger partial charge on any atom is 0.401 e. The predicted molar refractivity (Wildman–Crippen MR) is 86.7 cm³/mol. The molecule has 0 bridgehead atoms. The Kier molecular flexibility index (Phi) is 4.71. The zero-order valence-electron chi connectivity index (χ0n) is 14.1. The molecule has 114 valence electrons. The summed E-state index contributed by atoms with van der Waals surface area (Å²) in [5.74, 6) is 1.42. The Hall–Kier alpha value is -1.77. The van der Waals surface area contributed by atoms with Crippen LogP contribution >= 0.6 is 0 Å². The lowest BCUT2D eigenvalue weighted by molar-refractivity contribution is -0.759. The summed E-state index contributed by atoms with van der Waals surface area (Å²) in [5, 5.41) is 0. The number of hydrogen-bond acceptors (Lipinski definition) is 1. The van der Waals surface area contributed by atoms with Crippen LogP contribution in [0.25, 0.3) is 11.1 Å². The predicted octanol–water partition coefficient (Wildman–Crippen LogP) is 4.08. The summed E-state index contributed by atoms with van der Waals surface area (Å²) in [6, 6.07) is 10.9. The van der Waals surface area contributed by atoms with Crippen LogP contribution in [0.1, 0.15) is 51.8 Å². The molecular formula is C18H27N2O+. The minimum Gasteiger partial charge on any atom is -0.446 e. The third-order valence-corrected chi connectivity index (χ3v) is 4.16. The maximum atomic E-state index is 5.74. The van der Waals surface area contributed by atoms with Crippen LogP contribution in [-0.2, 0) is 7.05 Å². The van der Waals surface area contributed by atoms with E-state index in [1.807, 2.05) is 0 Å². The van der Waals surface area contributed by atoms with Crippen molar-refractivity contribution in [1.82, 2.24) is 4.68 Å². The quantitative estimate of drug-likeness (QED) is 0.758. The van der Waals surface area contributed by atoms with Crippen molar-refractivity contribution in [2.75, 3.05) is 7.11 Å². The molecule has 0 radical (unpaired) electrons. The Morgan fingerprint density at radius 1 is 1.14 bits per heavy atom. The van der Waals surface area contributed by atoms with E-state index in [0.717, 1.165) is 12.3 Å². The Morgan fingerprint density at radius 3 is 2.24 bits per heavy atom. The van der Waals surface area contributed by atoms with Crippen LogP contribution < -0.4 is 9.42 Å². The van der Waals surface area contributed by atoms with Crippen molar-refractivity contribution in [1.29, 1.82) is 0 Å². The molecule has 2 rings (SSSR count). The summed E-state index contributed by atoms with van der Waals surface area (Å²) in [6.07, 6.45) is 1.11. The van der Waals surface area contributed by atoms with Gasteiger partial charge in [0.15, 0.2) is 7.05 Å². The van der Waals surface area contributed by atoms with Gasteiger partial charge in [0, 0.05) is 5.92 Å². The van der Waals surface area contributed by atoms with Gasteiger partial charge in [-0.05, 0) is 25.8 Å². The van der Waals surface area contributed by atoms with E-state index in [4.69, 9.17) is 4.74 Å². The van der Waals surface area contributed by atoms with E-state index >= 15 is 0 Å². The Labute approximate surface area is 128 Å². The van der Waals surface area contributed by atoms with Gasteiger partial charge in [-0.3, -0.25) is 0 Å². The molecule has 21 heavy (non-hydrogen) atoms. The van der Waals surface area contributed by atoms with Crippen LogP contribution in [0.3, 0.4) is 0 Å². The average molecular weight is 287 g/mol. The Morgan fingerprint density at radius 2 is 1.76 bits per heavy atom.